The molecule has 0 bridgehead atoms. The van der Waals surface area contributed by atoms with Gasteiger partial charge in [-0.3, -0.25) is 4.79 Å². The molecule has 5 nitrogen and oxygen atoms in total. The number of hydrogen-bond acceptors (Lipinski definition) is 4. The number of nitrogen functional groups attached to an aromatic ring is 1. The Morgan fingerprint density at radius 1 is 0.968 bits per heavy atom. The van der Waals surface area contributed by atoms with Gasteiger partial charge in [0.2, 0.25) is 11.7 Å². The minimum atomic E-state index is -2.28. The summed E-state index contributed by atoms with van der Waals surface area (Å²) >= 11 is 0. The van der Waals surface area contributed by atoms with Gasteiger partial charge < -0.3 is 11.1 Å². The lowest BCUT2D eigenvalue weighted by Crippen LogP contribution is -2.20. The number of nitrogens with one attached hydrogen (secondary N) is 1. The maximum atomic E-state index is 13.8. The highest BCUT2D eigenvalue weighted by atomic mass is 19.2. The number of hydrogen-bond donors (Lipinski definition) is 2. The smallest absolute Gasteiger partial charge is 0.230 e. The third-order valence-corrected chi connectivity index (χ3v) is 4.43. The van der Waals surface area contributed by atoms with Crippen LogP contribution in [0.4, 0.5) is 33.5 Å². The van der Waals surface area contributed by atoms with E-state index in [0.717, 1.165) is 5.56 Å². The van der Waals surface area contributed by atoms with Crippen LogP contribution in [0.5, 0.6) is 0 Å². The molecule has 0 saturated carbocycles. The standard InChI is InChI=1S/C21H17F5N4O/c1-2-3-13-21(28-9-14(29-13)10-4-6-11(27)7-5-10)30-15(31)8-12-16(22)18(24)20(26)19(25)17(12)23/h4-7,9H,2-3,8,27H2,1H3,(H,28,30,31). The second-order valence-electron chi connectivity index (χ2n) is 6.70. The van der Waals surface area contributed by atoms with Crippen molar-refractivity contribution < 1.29 is 26.7 Å². The average molecular weight is 436 g/mol. The highest BCUT2D eigenvalue weighted by Gasteiger charge is 2.27. The van der Waals surface area contributed by atoms with Crippen LogP contribution in [0.15, 0.2) is 30.5 Å². The number of aromatic nitrogens is 2. The molecule has 0 atom stereocenters. The molecule has 1 amide bonds. The Balaban J connectivity index is 1.87. The van der Waals surface area contributed by atoms with Gasteiger partial charge in [0.15, 0.2) is 29.1 Å². The molecule has 1 aromatic heterocycles. The molecular weight excluding hydrogens is 419 g/mol. The lowest BCUT2D eigenvalue weighted by molar-refractivity contribution is -0.115. The van der Waals surface area contributed by atoms with Gasteiger partial charge in [0.25, 0.3) is 0 Å². The van der Waals surface area contributed by atoms with Crippen LogP contribution < -0.4 is 11.1 Å². The molecule has 0 unspecified atom stereocenters. The van der Waals surface area contributed by atoms with E-state index in [9.17, 15) is 26.7 Å². The molecule has 0 aliphatic heterocycles. The van der Waals surface area contributed by atoms with Gasteiger partial charge in [-0.15, -0.1) is 0 Å². The van der Waals surface area contributed by atoms with Crippen LogP contribution >= 0.6 is 0 Å². The number of nitrogens with two attached hydrogens (primary N) is 1. The van der Waals surface area contributed by atoms with E-state index < -0.39 is 47.0 Å². The Hall–Kier alpha value is -3.56. The Kier molecular flexibility index (Phi) is 6.47. The summed E-state index contributed by atoms with van der Waals surface area (Å²) in [6.45, 7) is 1.87. The number of amides is 1. The second-order valence-corrected chi connectivity index (χ2v) is 6.70. The molecular formula is C21H17F5N4O. The Morgan fingerprint density at radius 2 is 1.55 bits per heavy atom. The molecule has 2 aromatic carbocycles. The van der Waals surface area contributed by atoms with Gasteiger partial charge in [0.05, 0.1) is 24.0 Å². The van der Waals surface area contributed by atoms with Crippen LogP contribution in [0.2, 0.25) is 0 Å². The first kappa shape index (κ1) is 22.1. The summed E-state index contributed by atoms with van der Waals surface area (Å²) in [6.07, 6.45) is 1.39. The Bertz CT molecular complexity index is 1110. The van der Waals surface area contributed by atoms with Gasteiger partial charge in [-0.2, -0.15) is 0 Å². The van der Waals surface area contributed by atoms with Crippen molar-refractivity contribution in [3.8, 4) is 11.3 Å². The van der Waals surface area contributed by atoms with Crippen molar-refractivity contribution in [3.63, 3.8) is 0 Å². The zero-order chi connectivity index (χ0) is 22.7. The van der Waals surface area contributed by atoms with Gasteiger partial charge in [0.1, 0.15) is 0 Å². The molecule has 0 radical (unpaired) electrons. The van der Waals surface area contributed by atoms with Crippen molar-refractivity contribution in [2.45, 2.75) is 26.2 Å². The monoisotopic (exact) mass is 436 g/mol. The van der Waals surface area contributed by atoms with Crippen LogP contribution in [0.25, 0.3) is 11.3 Å². The number of rotatable bonds is 6. The SMILES string of the molecule is CCCc1nc(-c2ccc(N)cc2)cnc1NC(=O)Cc1c(F)c(F)c(F)c(F)c1F. The van der Waals surface area contributed by atoms with Crippen LogP contribution in [0.3, 0.4) is 0 Å². The first-order valence-corrected chi connectivity index (χ1v) is 9.24. The van der Waals surface area contributed by atoms with E-state index in [1.54, 1.807) is 24.3 Å². The predicted molar refractivity (Wildman–Crippen MR) is 104 cm³/mol. The maximum absolute atomic E-state index is 13.8. The molecule has 0 fully saturated rings. The molecule has 3 rings (SSSR count). The summed E-state index contributed by atoms with van der Waals surface area (Å²) in [5.74, 6) is -11.6. The van der Waals surface area contributed by atoms with Gasteiger partial charge in [0, 0.05) is 16.8 Å². The van der Waals surface area contributed by atoms with Crippen molar-refractivity contribution in [1.82, 2.24) is 9.97 Å². The molecule has 3 aromatic rings. The van der Waals surface area contributed by atoms with Crippen molar-refractivity contribution in [2.75, 3.05) is 11.1 Å². The van der Waals surface area contributed by atoms with Crippen molar-refractivity contribution in [2.24, 2.45) is 0 Å². The number of halogens is 5. The van der Waals surface area contributed by atoms with E-state index in [1.165, 1.54) is 6.20 Å². The fourth-order valence-corrected chi connectivity index (χ4v) is 2.88. The highest BCUT2D eigenvalue weighted by molar-refractivity contribution is 5.92. The number of benzene rings is 2. The zero-order valence-corrected chi connectivity index (χ0v) is 16.3. The fourth-order valence-electron chi connectivity index (χ4n) is 2.88. The normalized spacial score (nSPS) is 10.9. The van der Waals surface area contributed by atoms with E-state index in [4.69, 9.17) is 5.73 Å². The number of carbonyl (C=O) groups excluding carboxylic acids is 1. The van der Waals surface area contributed by atoms with E-state index in [-0.39, 0.29) is 5.82 Å². The maximum Gasteiger partial charge on any atom is 0.230 e. The lowest BCUT2D eigenvalue weighted by atomic mass is 10.1. The highest BCUT2D eigenvalue weighted by Crippen LogP contribution is 2.25. The summed E-state index contributed by atoms with van der Waals surface area (Å²) in [5, 5.41) is 2.34. The largest absolute Gasteiger partial charge is 0.399 e. The first-order chi connectivity index (χ1) is 14.7. The number of aryl methyl sites for hydroxylation is 1. The first-order valence-electron chi connectivity index (χ1n) is 9.24. The quantitative estimate of drug-likeness (QED) is 0.257. The molecule has 0 aliphatic carbocycles. The van der Waals surface area contributed by atoms with Crippen LogP contribution in [-0.4, -0.2) is 15.9 Å². The summed E-state index contributed by atoms with van der Waals surface area (Å²) < 4.78 is 67.5. The van der Waals surface area contributed by atoms with Gasteiger partial charge in [-0.1, -0.05) is 25.5 Å². The molecule has 0 aliphatic rings. The van der Waals surface area contributed by atoms with Crippen LogP contribution in [-0.2, 0) is 17.6 Å². The molecule has 10 heteroatoms. The van der Waals surface area contributed by atoms with Crippen molar-refractivity contribution in [3.05, 3.63) is 70.8 Å². The summed E-state index contributed by atoms with van der Waals surface area (Å²) in [7, 11) is 0. The molecule has 0 saturated heterocycles. The van der Waals surface area contributed by atoms with Crippen LogP contribution in [0.1, 0.15) is 24.6 Å². The minimum Gasteiger partial charge on any atom is -0.399 e. The third kappa shape index (κ3) is 4.62. The lowest BCUT2D eigenvalue weighted by Gasteiger charge is -2.12. The van der Waals surface area contributed by atoms with Crippen molar-refractivity contribution >= 4 is 17.4 Å². The van der Waals surface area contributed by atoms with Gasteiger partial charge in [-0.05, 0) is 18.6 Å². The summed E-state index contributed by atoms with van der Waals surface area (Å²) in [5.41, 5.74) is 6.67. The topological polar surface area (TPSA) is 80.9 Å². The van der Waals surface area contributed by atoms with E-state index >= 15 is 0 Å². The molecule has 3 N–H and O–H groups in total. The van der Waals surface area contributed by atoms with Gasteiger partial charge >= 0.3 is 0 Å². The Labute approximate surface area is 174 Å². The fraction of sp³-hybridized carbons (Fsp3) is 0.190. The van der Waals surface area contributed by atoms with Crippen molar-refractivity contribution in [1.29, 1.82) is 0 Å². The number of anilines is 2. The number of carbonyl (C=O) groups is 1. The molecule has 31 heavy (non-hydrogen) atoms. The van der Waals surface area contributed by atoms with E-state index in [2.05, 4.69) is 15.3 Å². The van der Waals surface area contributed by atoms with E-state index in [1.807, 2.05) is 6.92 Å². The molecule has 0 spiro atoms. The van der Waals surface area contributed by atoms with Crippen LogP contribution in [0, 0.1) is 29.1 Å². The second kappa shape index (κ2) is 9.07. The predicted octanol–water partition coefficient (Wildman–Crippen LogP) is 4.56. The molecule has 1 heterocycles. The zero-order valence-electron chi connectivity index (χ0n) is 16.3. The van der Waals surface area contributed by atoms with Gasteiger partial charge in [-0.25, -0.2) is 31.9 Å². The summed E-state index contributed by atoms with van der Waals surface area (Å²) in [6, 6.07) is 6.87. The van der Waals surface area contributed by atoms with E-state index in [0.29, 0.717) is 29.9 Å². The Morgan fingerprint density at radius 3 is 2.13 bits per heavy atom. The number of nitrogens with zero attached hydrogens (tertiary/aromatic N) is 2. The average Bonchev–Trinajstić information content (AvgIpc) is 2.76. The summed E-state index contributed by atoms with van der Waals surface area (Å²) in [4.78, 5) is 20.9. The molecule has 162 valence electrons. The third-order valence-electron chi connectivity index (χ3n) is 4.43. The minimum absolute atomic E-state index is 0.0370.